The second-order valence-electron chi connectivity index (χ2n) is 4.37. The van der Waals surface area contributed by atoms with E-state index < -0.39 is 5.97 Å². The second-order valence-corrected chi connectivity index (χ2v) is 4.37. The fourth-order valence-electron chi connectivity index (χ4n) is 1.74. The lowest BCUT2D eigenvalue weighted by molar-refractivity contribution is -0.135. The summed E-state index contributed by atoms with van der Waals surface area (Å²) in [5, 5.41) is 10.1. The van der Waals surface area contributed by atoms with Gasteiger partial charge in [-0.1, -0.05) is 12.1 Å². The van der Waals surface area contributed by atoms with Crippen molar-refractivity contribution in [3.63, 3.8) is 0 Å². The number of aliphatic imine (C=N–C) groups is 1. The fraction of sp³-hybridized carbons (Fsp3) is 0.294. The molecule has 0 saturated carbocycles. The molecule has 0 aliphatic heterocycles. The van der Waals surface area contributed by atoms with Crippen LogP contribution in [-0.2, 0) is 9.53 Å². The number of ether oxygens (including phenoxy) is 3. The molecule has 0 heterocycles. The van der Waals surface area contributed by atoms with E-state index in [1.54, 1.807) is 38.5 Å². The summed E-state index contributed by atoms with van der Waals surface area (Å²) in [6.07, 6.45) is 4.33. The van der Waals surface area contributed by atoms with Crippen molar-refractivity contribution >= 4 is 18.3 Å². The Hall–Kier alpha value is -2.76. The Labute approximate surface area is 135 Å². The van der Waals surface area contributed by atoms with Crippen LogP contribution in [0.5, 0.6) is 11.5 Å². The van der Waals surface area contributed by atoms with Crippen LogP contribution in [0.15, 0.2) is 40.6 Å². The van der Waals surface area contributed by atoms with Crippen LogP contribution in [0.4, 0.5) is 0 Å². The minimum atomic E-state index is -0.656. The van der Waals surface area contributed by atoms with E-state index in [-0.39, 0.29) is 11.3 Å². The van der Waals surface area contributed by atoms with E-state index in [2.05, 4.69) is 9.73 Å². The molecule has 6 nitrogen and oxygen atoms in total. The maximum Gasteiger partial charge on any atom is 0.343 e. The molecule has 0 amide bonds. The lowest BCUT2D eigenvalue weighted by atomic mass is 10.1. The first-order chi connectivity index (χ1) is 11.1. The maximum absolute atomic E-state index is 11.7. The number of hydrogen-bond donors (Lipinski definition) is 1. The number of aliphatic hydroxyl groups excluding tert-OH is 1. The van der Waals surface area contributed by atoms with E-state index in [0.717, 1.165) is 5.56 Å². The minimum absolute atomic E-state index is 0.00826. The molecule has 1 rings (SSSR count). The monoisotopic (exact) mass is 319 g/mol. The van der Waals surface area contributed by atoms with Gasteiger partial charge in [0.15, 0.2) is 11.5 Å². The van der Waals surface area contributed by atoms with Crippen LogP contribution in [0.2, 0.25) is 0 Å². The predicted octanol–water partition coefficient (Wildman–Crippen LogP) is 2.79. The van der Waals surface area contributed by atoms with Gasteiger partial charge in [0.2, 0.25) is 0 Å². The quantitative estimate of drug-likeness (QED) is 0.275. The number of allylic oxidation sites excluding steroid dienone is 1. The molecule has 0 saturated heterocycles. The molecule has 0 radical (unpaired) electrons. The number of hydrogen-bond acceptors (Lipinski definition) is 6. The lowest BCUT2D eigenvalue weighted by Crippen LogP contribution is -2.08. The van der Waals surface area contributed by atoms with Gasteiger partial charge in [-0.15, -0.1) is 0 Å². The molecular formula is C17H21NO5. The molecule has 0 spiro atoms. The number of esters is 1. The molecule has 124 valence electrons. The Morgan fingerprint density at radius 2 is 1.91 bits per heavy atom. The highest BCUT2D eigenvalue weighted by atomic mass is 16.5. The zero-order valence-corrected chi connectivity index (χ0v) is 13.7. The van der Waals surface area contributed by atoms with Crippen LogP contribution in [0.25, 0.3) is 6.08 Å². The number of aliphatic hydroxyl groups is 1. The zero-order valence-electron chi connectivity index (χ0n) is 13.7. The van der Waals surface area contributed by atoms with Crippen LogP contribution in [0.3, 0.4) is 0 Å². The Morgan fingerprint density at radius 3 is 2.48 bits per heavy atom. The summed E-state index contributed by atoms with van der Waals surface area (Å²) in [7, 11) is 4.34. The van der Waals surface area contributed by atoms with Gasteiger partial charge < -0.3 is 19.3 Å². The number of benzene rings is 1. The van der Waals surface area contributed by atoms with Crippen molar-refractivity contribution in [1.29, 1.82) is 0 Å². The summed E-state index contributed by atoms with van der Waals surface area (Å²) < 4.78 is 15.0. The van der Waals surface area contributed by atoms with E-state index in [4.69, 9.17) is 9.47 Å². The molecule has 0 unspecified atom stereocenters. The number of rotatable bonds is 7. The summed E-state index contributed by atoms with van der Waals surface area (Å²) in [6, 6.07) is 5.29. The van der Waals surface area contributed by atoms with Crippen molar-refractivity contribution in [2.75, 3.05) is 27.9 Å². The lowest BCUT2D eigenvalue weighted by Gasteiger charge is -2.07. The van der Waals surface area contributed by atoms with Crippen molar-refractivity contribution in [2.24, 2.45) is 4.99 Å². The molecule has 0 atom stereocenters. The number of carbonyl (C=O) groups excluding carboxylic acids is 1. The van der Waals surface area contributed by atoms with Gasteiger partial charge in [0, 0.05) is 12.8 Å². The second kappa shape index (κ2) is 9.30. The van der Waals surface area contributed by atoms with Crippen molar-refractivity contribution in [3.05, 3.63) is 41.2 Å². The third-order valence-electron chi connectivity index (χ3n) is 2.93. The predicted molar refractivity (Wildman–Crippen MR) is 89.3 cm³/mol. The molecule has 6 heteroatoms. The first kappa shape index (κ1) is 18.3. The van der Waals surface area contributed by atoms with Crippen LogP contribution in [0.1, 0.15) is 12.5 Å². The van der Waals surface area contributed by atoms with E-state index in [1.807, 2.05) is 6.92 Å². The summed E-state index contributed by atoms with van der Waals surface area (Å²) in [5.74, 6) is 0.286. The highest BCUT2D eigenvalue weighted by molar-refractivity contribution is 6.10. The van der Waals surface area contributed by atoms with Gasteiger partial charge >= 0.3 is 5.97 Å². The van der Waals surface area contributed by atoms with Gasteiger partial charge in [0.05, 0.1) is 21.3 Å². The highest BCUT2D eigenvalue weighted by Gasteiger charge is 2.12. The summed E-state index contributed by atoms with van der Waals surface area (Å²) in [6.45, 7) is 2.31. The average Bonchev–Trinajstić information content (AvgIpc) is 2.59. The first-order valence-corrected chi connectivity index (χ1v) is 6.98. The molecule has 1 N–H and O–H groups in total. The van der Waals surface area contributed by atoms with Gasteiger partial charge in [-0.3, -0.25) is 4.99 Å². The Kier molecular flexibility index (Phi) is 7.39. The van der Waals surface area contributed by atoms with E-state index >= 15 is 0 Å². The molecule has 0 aliphatic rings. The Morgan fingerprint density at radius 1 is 1.22 bits per heavy atom. The fourth-order valence-corrected chi connectivity index (χ4v) is 1.74. The first-order valence-electron chi connectivity index (χ1n) is 6.98. The number of methoxy groups -OCH3 is 3. The van der Waals surface area contributed by atoms with Gasteiger partial charge in [0.1, 0.15) is 11.3 Å². The third kappa shape index (κ3) is 5.18. The summed E-state index contributed by atoms with van der Waals surface area (Å²) in [4.78, 5) is 15.6. The van der Waals surface area contributed by atoms with Crippen molar-refractivity contribution in [1.82, 2.24) is 0 Å². The van der Waals surface area contributed by atoms with Crippen molar-refractivity contribution in [2.45, 2.75) is 6.92 Å². The summed E-state index contributed by atoms with van der Waals surface area (Å²) in [5.41, 5.74) is 0.761. The van der Waals surface area contributed by atoms with Crippen LogP contribution >= 0.6 is 0 Å². The molecule has 1 aromatic rings. The Bertz CT molecular complexity index is 632. The summed E-state index contributed by atoms with van der Waals surface area (Å²) >= 11 is 0. The van der Waals surface area contributed by atoms with E-state index in [0.29, 0.717) is 18.0 Å². The molecule has 23 heavy (non-hydrogen) atoms. The number of carbonyl (C=O) groups is 1. The minimum Gasteiger partial charge on any atom is -0.507 e. The smallest absolute Gasteiger partial charge is 0.343 e. The zero-order chi connectivity index (χ0) is 17.2. The highest BCUT2D eigenvalue weighted by Crippen LogP contribution is 2.28. The van der Waals surface area contributed by atoms with Gasteiger partial charge in [0.25, 0.3) is 0 Å². The van der Waals surface area contributed by atoms with Crippen molar-refractivity contribution in [3.8, 4) is 11.5 Å². The molecule has 0 fully saturated rings. The standard InChI is InChI=1S/C17H21NO5/c1-5-18-11-13(17(20)23-4)14(19)8-6-12-7-9-15(21-2)16(10-12)22-3/h6-11,19H,5H2,1-4H3/b8-6?,14-13+,18-11?. The molecule has 0 bridgehead atoms. The van der Waals surface area contributed by atoms with Gasteiger partial charge in [-0.05, 0) is 30.7 Å². The normalized spacial score (nSPS) is 12.3. The van der Waals surface area contributed by atoms with E-state index in [9.17, 15) is 9.90 Å². The third-order valence-corrected chi connectivity index (χ3v) is 2.93. The molecule has 1 aromatic carbocycles. The van der Waals surface area contributed by atoms with Crippen LogP contribution < -0.4 is 9.47 Å². The number of nitrogens with zero attached hydrogens (tertiary/aromatic N) is 1. The largest absolute Gasteiger partial charge is 0.507 e. The Balaban J connectivity index is 3.11. The van der Waals surface area contributed by atoms with E-state index in [1.165, 1.54) is 19.4 Å². The molecular weight excluding hydrogens is 298 g/mol. The van der Waals surface area contributed by atoms with Crippen LogP contribution in [-0.4, -0.2) is 45.2 Å². The van der Waals surface area contributed by atoms with Crippen LogP contribution in [0, 0.1) is 0 Å². The van der Waals surface area contributed by atoms with Gasteiger partial charge in [-0.2, -0.15) is 0 Å². The molecule has 0 aromatic heterocycles. The topological polar surface area (TPSA) is 77.4 Å². The van der Waals surface area contributed by atoms with Gasteiger partial charge in [-0.25, -0.2) is 4.79 Å². The SMILES string of the molecule is CCN=C/C(C(=O)OC)=C(\O)C=Cc1ccc(OC)c(OC)c1. The molecule has 0 aliphatic carbocycles. The average molecular weight is 319 g/mol. The maximum atomic E-state index is 11.7. The van der Waals surface area contributed by atoms with Crippen molar-refractivity contribution < 1.29 is 24.1 Å².